The Balaban J connectivity index is 1.93. The Bertz CT molecular complexity index is 881. The van der Waals surface area contributed by atoms with Crippen molar-refractivity contribution < 1.29 is 14.3 Å². The zero-order chi connectivity index (χ0) is 20.5. The summed E-state index contributed by atoms with van der Waals surface area (Å²) >= 11 is 0. The lowest BCUT2D eigenvalue weighted by atomic mass is 10.0. The third-order valence-electron chi connectivity index (χ3n) is 4.07. The molecule has 0 aliphatic rings. The topological polar surface area (TPSA) is 83.7 Å². The molecule has 0 fully saturated rings. The van der Waals surface area contributed by atoms with Gasteiger partial charge in [0.25, 0.3) is 5.91 Å². The number of benzene rings is 2. The molecule has 1 amide bonds. The van der Waals surface area contributed by atoms with Gasteiger partial charge in [-0.2, -0.15) is 10.4 Å². The normalized spacial score (nSPS) is 11.1. The van der Waals surface area contributed by atoms with Crippen LogP contribution in [0.5, 0.6) is 11.5 Å². The van der Waals surface area contributed by atoms with Gasteiger partial charge in [-0.1, -0.05) is 26.0 Å². The predicted molar refractivity (Wildman–Crippen MR) is 109 cm³/mol. The van der Waals surface area contributed by atoms with Crippen LogP contribution < -0.4 is 14.9 Å². The van der Waals surface area contributed by atoms with E-state index in [1.807, 2.05) is 43.3 Å². The molecule has 2 rings (SSSR count). The summed E-state index contributed by atoms with van der Waals surface area (Å²) in [5.74, 6) is 1.30. The highest BCUT2D eigenvalue weighted by Crippen LogP contribution is 2.27. The van der Waals surface area contributed by atoms with E-state index in [4.69, 9.17) is 14.7 Å². The monoisotopic (exact) mass is 379 g/mol. The minimum absolute atomic E-state index is 0.00192. The SMILES string of the molecule is C/C(=N/NC(=O)COc1cc(C)ccc1C(C)C)c1ccc(OCC#N)cc1. The second-order valence-corrected chi connectivity index (χ2v) is 6.69. The Morgan fingerprint density at radius 2 is 1.89 bits per heavy atom. The molecule has 0 aliphatic heterocycles. The summed E-state index contributed by atoms with van der Waals surface area (Å²) in [6.45, 7) is 7.84. The van der Waals surface area contributed by atoms with Crippen LogP contribution in [0.3, 0.4) is 0 Å². The number of carbonyl (C=O) groups is 1. The van der Waals surface area contributed by atoms with E-state index in [2.05, 4.69) is 24.4 Å². The first-order valence-electron chi connectivity index (χ1n) is 9.07. The molecule has 6 nitrogen and oxygen atoms in total. The van der Waals surface area contributed by atoms with Crippen molar-refractivity contribution in [2.75, 3.05) is 13.2 Å². The van der Waals surface area contributed by atoms with Crippen molar-refractivity contribution in [3.63, 3.8) is 0 Å². The first kappa shape index (κ1) is 21.0. The first-order valence-corrected chi connectivity index (χ1v) is 9.07. The van der Waals surface area contributed by atoms with Gasteiger partial charge in [0.05, 0.1) is 5.71 Å². The number of amides is 1. The van der Waals surface area contributed by atoms with E-state index in [0.29, 0.717) is 17.4 Å². The van der Waals surface area contributed by atoms with Crippen molar-refractivity contribution in [2.24, 2.45) is 5.10 Å². The maximum atomic E-state index is 12.1. The van der Waals surface area contributed by atoms with Gasteiger partial charge in [-0.15, -0.1) is 0 Å². The number of ether oxygens (including phenoxy) is 2. The molecule has 0 spiro atoms. The number of rotatable bonds is 8. The van der Waals surface area contributed by atoms with E-state index in [-0.39, 0.29) is 19.1 Å². The Morgan fingerprint density at radius 3 is 2.54 bits per heavy atom. The van der Waals surface area contributed by atoms with Gasteiger partial charge in [0.2, 0.25) is 0 Å². The zero-order valence-corrected chi connectivity index (χ0v) is 16.7. The van der Waals surface area contributed by atoms with Crippen LogP contribution in [0, 0.1) is 18.3 Å². The fourth-order valence-electron chi connectivity index (χ4n) is 2.54. The van der Waals surface area contributed by atoms with Crippen molar-refractivity contribution in [2.45, 2.75) is 33.6 Å². The Morgan fingerprint density at radius 1 is 1.18 bits per heavy atom. The zero-order valence-electron chi connectivity index (χ0n) is 16.7. The maximum absolute atomic E-state index is 12.1. The molecule has 146 valence electrons. The molecule has 1 N–H and O–H groups in total. The van der Waals surface area contributed by atoms with Gasteiger partial charge in [0, 0.05) is 0 Å². The van der Waals surface area contributed by atoms with E-state index < -0.39 is 0 Å². The van der Waals surface area contributed by atoms with Gasteiger partial charge in [0.1, 0.15) is 17.6 Å². The molecule has 0 aromatic heterocycles. The van der Waals surface area contributed by atoms with Crippen LogP contribution in [0.4, 0.5) is 0 Å². The number of hydrazone groups is 1. The Labute approximate surface area is 165 Å². The van der Waals surface area contributed by atoms with E-state index in [1.165, 1.54) is 0 Å². The highest BCUT2D eigenvalue weighted by molar-refractivity contribution is 5.99. The fraction of sp³-hybridized carbons (Fsp3) is 0.318. The minimum Gasteiger partial charge on any atom is -0.483 e. The molecule has 6 heteroatoms. The fourth-order valence-corrected chi connectivity index (χ4v) is 2.54. The summed E-state index contributed by atoms with van der Waals surface area (Å²) in [5, 5.41) is 12.6. The smallest absolute Gasteiger partial charge is 0.277 e. The van der Waals surface area contributed by atoms with Crippen molar-refractivity contribution in [1.82, 2.24) is 5.43 Å². The largest absolute Gasteiger partial charge is 0.483 e. The molecular formula is C22H25N3O3. The van der Waals surface area contributed by atoms with Crippen LogP contribution in [-0.2, 0) is 4.79 Å². The molecule has 0 saturated heterocycles. The number of nitriles is 1. The van der Waals surface area contributed by atoms with Crippen LogP contribution in [-0.4, -0.2) is 24.8 Å². The quantitative estimate of drug-likeness (QED) is 0.556. The van der Waals surface area contributed by atoms with Crippen molar-refractivity contribution in [3.05, 3.63) is 59.2 Å². The van der Waals surface area contributed by atoms with Crippen molar-refractivity contribution in [1.29, 1.82) is 5.26 Å². The maximum Gasteiger partial charge on any atom is 0.277 e. The van der Waals surface area contributed by atoms with Gasteiger partial charge in [0.15, 0.2) is 13.2 Å². The number of hydrogen-bond donors (Lipinski definition) is 1. The number of hydrogen-bond acceptors (Lipinski definition) is 5. The minimum atomic E-state index is -0.329. The van der Waals surface area contributed by atoms with Crippen molar-refractivity contribution >= 4 is 11.6 Å². The highest BCUT2D eigenvalue weighted by atomic mass is 16.5. The summed E-state index contributed by atoms with van der Waals surface area (Å²) in [5.41, 5.74) is 6.15. The molecule has 2 aromatic carbocycles. The number of nitrogens with one attached hydrogen (secondary N) is 1. The van der Waals surface area contributed by atoms with E-state index in [0.717, 1.165) is 22.4 Å². The third kappa shape index (κ3) is 6.13. The van der Waals surface area contributed by atoms with Crippen LogP contribution in [0.1, 0.15) is 43.4 Å². The molecule has 0 saturated carbocycles. The van der Waals surface area contributed by atoms with Crippen molar-refractivity contribution in [3.8, 4) is 17.6 Å². The van der Waals surface area contributed by atoms with Crippen LogP contribution >= 0.6 is 0 Å². The molecule has 0 atom stereocenters. The van der Waals surface area contributed by atoms with E-state index >= 15 is 0 Å². The molecule has 0 heterocycles. The first-order chi connectivity index (χ1) is 13.4. The number of nitrogens with zero attached hydrogens (tertiary/aromatic N) is 2. The highest BCUT2D eigenvalue weighted by Gasteiger charge is 2.10. The molecule has 0 aliphatic carbocycles. The summed E-state index contributed by atoms with van der Waals surface area (Å²) in [4.78, 5) is 12.1. The summed E-state index contributed by atoms with van der Waals surface area (Å²) in [7, 11) is 0. The molecule has 0 unspecified atom stereocenters. The summed E-state index contributed by atoms with van der Waals surface area (Å²) in [6, 6.07) is 15.1. The van der Waals surface area contributed by atoms with Gasteiger partial charge < -0.3 is 9.47 Å². The second-order valence-electron chi connectivity index (χ2n) is 6.69. The van der Waals surface area contributed by atoms with Crippen LogP contribution in [0.15, 0.2) is 47.6 Å². The molecule has 0 bridgehead atoms. The standard InChI is InChI=1S/C22H25N3O3/c1-15(2)20-10-5-16(3)13-21(20)28-14-22(26)25-24-17(4)18-6-8-19(9-7-18)27-12-11-23/h5-10,13,15H,12,14H2,1-4H3,(H,25,26)/b24-17-. The van der Waals surface area contributed by atoms with Crippen LogP contribution in [0.25, 0.3) is 0 Å². The lowest BCUT2D eigenvalue weighted by Gasteiger charge is -2.14. The van der Waals surface area contributed by atoms with Gasteiger partial charge in [-0.25, -0.2) is 5.43 Å². The lowest BCUT2D eigenvalue weighted by molar-refractivity contribution is -0.123. The van der Waals surface area contributed by atoms with Gasteiger partial charge in [-0.3, -0.25) is 4.79 Å². The van der Waals surface area contributed by atoms with E-state index in [1.54, 1.807) is 19.1 Å². The number of aryl methyl sites for hydroxylation is 1. The van der Waals surface area contributed by atoms with Gasteiger partial charge >= 0.3 is 0 Å². The Kier molecular flexibility index (Phi) is 7.58. The predicted octanol–water partition coefficient (Wildman–Crippen LogP) is 3.94. The lowest BCUT2D eigenvalue weighted by Crippen LogP contribution is -2.26. The average molecular weight is 379 g/mol. The average Bonchev–Trinajstić information content (AvgIpc) is 2.69. The summed E-state index contributed by atoms with van der Waals surface area (Å²) < 4.78 is 10.9. The second kappa shape index (κ2) is 10.1. The van der Waals surface area contributed by atoms with Crippen LogP contribution in [0.2, 0.25) is 0 Å². The molecule has 0 radical (unpaired) electrons. The molecule has 28 heavy (non-hydrogen) atoms. The Hall–Kier alpha value is -3.33. The molecule has 2 aromatic rings. The molecular weight excluding hydrogens is 354 g/mol. The number of carbonyl (C=O) groups excluding carboxylic acids is 1. The van der Waals surface area contributed by atoms with E-state index in [9.17, 15) is 4.79 Å². The summed E-state index contributed by atoms with van der Waals surface area (Å²) in [6.07, 6.45) is 0. The van der Waals surface area contributed by atoms with Gasteiger partial charge in [-0.05, 0) is 66.8 Å². The third-order valence-corrected chi connectivity index (χ3v) is 4.07.